The van der Waals surface area contributed by atoms with Gasteiger partial charge in [0.1, 0.15) is 0 Å². The minimum Gasteiger partial charge on any atom is -0.399 e. The van der Waals surface area contributed by atoms with Crippen LogP contribution in [0.2, 0.25) is 0 Å². The number of nitrogen functional groups attached to an aromatic ring is 1. The van der Waals surface area contributed by atoms with Gasteiger partial charge in [0.05, 0.1) is 0 Å². The number of anilines is 1. The Bertz CT molecular complexity index is 370. The number of amides is 1. The second kappa shape index (κ2) is 3.33. The monoisotopic (exact) mass is 190 g/mol. The molecule has 0 spiro atoms. The van der Waals surface area contributed by atoms with Crippen molar-refractivity contribution in [2.24, 2.45) is 0 Å². The van der Waals surface area contributed by atoms with Crippen molar-refractivity contribution in [1.82, 2.24) is 4.90 Å². The molecule has 0 bridgehead atoms. The van der Waals surface area contributed by atoms with Crippen LogP contribution in [0.1, 0.15) is 22.3 Å². The molecule has 1 aliphatic rings. The Balaban J connectivity index is 2.29. The highest BCUT2D eigenvalue weighted by atomic mass is 16.2. The maximum atomic E-state index is 11.9. The molecule has 0 radical (unpaired) electrons. The van der Waals surface area contributed by atoms with Gasteiger partial charge in [-0.2, -0.15) is 0 Å². The highest BCUT2D eigenvalue weighted by Gasteiger charge is 2.22. The molecule has 2 rings (SSSR count). The van der Waals surface area contributed by atoms with E-state index in [9.17, 15) is 4.79 Å². The highest BCUT2D eigenvalue weighted by molar-refractivity contribution is 5.96. The summed E-state index contributed by atoms with van der Waals surface area (Å²) in [5.74, 6) is 0.112. The molecule has 74 valence electrons. The minimum atomic E-state index is 0.112. The van der Waals surface area contributed by atoms with Gasteiger partial charge in [0.25, 0.3) is 5.91 Å². The van der Waals surface area contributed by atoms with E-state index in [1.807, 2.05) is 24.0 Å². The molecule has 1 amide bonds. The van der Waals surface area contributed by atoms with E-state index in [1.54, 1.807) is 6.07 Å². The number of carbonyl (C=O) groups is 1. The highest BCUT2D eigenvalue weighted by Crippen LogP contribution is 2.18. The average molecular weight is 190 g/mol. The molecule has 14 heavy (non-hydrogen) atoms. The zero-order chi connectivity index (χ0) is 10.1. The van der Waals surface area contributed by atoms with E-state index < -0.39 is 0 Å². The minimum absolute atomic E-state index is 0.112. The van der Waals surface area contributed by atoms with E-state index in [0.29, 0.717) is 5.69 Å². The molecule has 0 unspecified atom stereocenters. The Labute approximate surface area is 83.5 Å². The summed E-state index contributed by atoms with van der Waals surface area (Å²) in [6.07, 6.45) is 1.12. The molecule has 1 aromatic rings. The lowest BCUT2D eigenvalue weighted by Crippen LogP contribution is -2.42. The van der Waals surface area contributed by atoms with Crippen LogP contribution in [0.5, 0.6) is 0 Å². The van der Waals surface area contributed by atoms with E-state index in [-0.39, 0.29) is 5.91 Å². The Morgan fingerprint density at radius 1 is 1.43 bits per heavy atom. The van der Waals surface area contributed by atoms with Crippen molar-refractivity contribution in [2.45, 2.75) is 13.3 Å². The van der Waals surface area contributed by atoms with Crippen LogP contribution in [0.3, 0.4) is 0 Å². The third kappa shape index (κ3) is 1.45. The number of nitrogens with two attached hydrogens (primary N) is 1. The number of hydrogen-bond donors (Lipinski definition) is 1. The SMILES string of the molecule is Cc1ccc(N)cc1C(=O)N1CCC1. The van der Waals surface area contributed by atoms with E-state index >= 15 is 0 Å². The smallest absolute Gasteiger partial charge is 0.254 e. The van der Waals surface area contributed by atoms with Crippen molar-refractivity contribution in [3.8, 4) is 0 Å². The van der Waals surface area contributed by atoms with Crippen molar-refractivity contribution in [2.75, 3.05) is 18.8 Å². The van der Waals surface area contributed by atoms with Crippen molar-refractivity contribution in [3.05, 3.63) is 29.3 Å². The van der Waals surface area contributed by atoms with Crippen LogP contribution in [-0.2, 0) is 0 Å². The lowest BCUT2D eigenvalue weighted by molar-refractivity contribution is 0.0651. The topological polar surface area (TPSA) is 46.3 Å². The first kappa shape index (κ1) is 9.06. The molecule has 1 aliphatic heterocycles. The number of carbonyl (C=O) groups excluding carboxylic acids is 1. The molecule has 1 heterocycles. The van der Waals surface area contributed by atoms with Gasteiger partial charge in [-0.3, -0.25) is 4.79 Å². The quantitative estimate of drug-likeness (QED) is 0.681. The van der Waals surface area contributed by atoms with Crippen molar-refractivity contribution < 1.29 is 4.79 Å². The summed E-state index contributed by atoms with van der Waals surface area (Å²) in [5, 5.41) is 0. The van der Waals surface area contributed by atoms with Crippen LogP contribution in [0.25, 0.3) is 0 Å². The second-order valence-corrected chi connectivity index (χ2v) is 3.72. The summed E-state index contributed by atoms with van der Waals surface area (Å²) in [7, 11) is 0. The molecule has 1 aromatic carbocycles. The first-order chi connectivity index (χ1) is 6.68. The predicted octanol–water partition coefficient (Wildman–Crippen LogP) is 1.42. The van der Waals surface area contributed by atoms with Gasteiger partial charge < -0.3 is 10.6 Å². The summed E-state index contributed by atoms with van der Waals surface area (Å²) in [6, 6.07) is 5.47. The Hall–Kier alpha value is -1.51. The third-order valence-electron chi connectivity index (χ3n) is 2.64. The molecule has 2 N–H and O–H groups in total. The molecule has 1 fully saturated rings. The van der Waals surface area contributed by atoms with Crippen LogP contribution < -0.4 is 5.73 Å². The fourth-order valence-corrected chi connectivity index (χ4v) is 1.56. The van der Waals surface area contributed by atoms with Crippen LogP contribution in [0.4, 0.5) is 5.69 Å². The summed E-state index contributed by atoms with van der Waals surface area (Å²) in [6.45, 7) is 3.70. The Kier molecular flexibility index (Phi) is 2.15. The molecule has 1 saturated heterocycles. The van der Waals surface area contributed by atoms with Crippen LogP contribution >= 0.6 is 0 Å². The molecule has 3 nitrogen and oxygen atoms in total. The van der Waals surface area contributed by atoms with Gasteiger partial charge in [0.2, 0.25) is 0 Å². The largest absolute Gasteiger partial charge is 0.399 e. The predicted molar refractivity (Wildman–Crippen MR) is 56.1 cm³/mol. The summed E-state index contributed by atoms with van der Waals surface area (Å²) < 4.78 is 0. The van der Waals surface area contributed by atoms with E-state index in [1.165, 1.54) is 0 Å². The lowest BCUT2D eigenvalue weighted by Gasteiger charge is -2.31. The fraction of sp³-hybridized carbons (Fsp3) is 0.364. The normalized spacial score (nSPS) is 15.1. The molecule has 0 aromatic heterocycles. The number of nitrogens with zero attached hydrogens (tertiary/aromatic N) is 1. The zero-order valence-electron chi connectivity index (χ0n) is 8.29. The standard InChI is InChI=1S/C11H14N2O/c1-8-3-4-9(12)7-10(8)11(14)13-5-2-6-13/h3-4,7H,2,5-6,12H2,1H3. The van der Waals surface area contributed by atoms with Crippen molar-refractivity contribution in [3.63, 3.8) is 0 Å². The molecule has 3 heteroatoms. The van der Waals surface area contributed by atoms with Gasteiger partial charge in [0, 0.05) is 24.3 Å². The Morgan fingerprint density at radius 3 is 2.71 bits per heavy atom. The van der Waals surface area contributed by atoms with Crippen LogP contribution in [0.15, 0.2) is 18.2 Å². The average Bonchev–Trinajstić information content (AvgIpc) is 2.06. The number of hydrogen-bond acceptors (Lipinski definition) is 2. The summed E-state index contributed by atoms with van der Waals surface area (Å²) in [4.78, 5) is 13.7. The molecule has 0 saturated carbocycles. The number of rotatable bonds is 1. The number of likely N-dealkylation sites (tertiary alicyclic amines) is 1. The van der Waals surface area contributed by atoms with Gasteiger partial charge in [-0.05, 0) is 31.0 Å². The van der Waals surface area contributed by atoms with Crippen molar-refractivity contribution >= 4 is 11.6 Å². The van der Waals surface area contributed by atoms with Crippen LogP contribution in [0, 0.1) is 6.92 Å². The second-order valence-electron chi connectivity index (χ2n) is 3.72. The number of aryl methyl sites for hydroxylation is 1. The summed E-state index contributed by atoms with van der Waals surface area (Å²) in [5.41, 5.74) is 8.04. The third-order valence-corrected chi connectivity index (χ3v) is 2.64. The van der Waals surface area contributed by atoms with E-state index in [4.69, 9.17) is 5.73 Å². The molecule has 0 aliphatic carbocycles. The van der Waals surface area contributed by atoms with Gasteiger partial charge in [-0.25, -0.2) is 0 Å². The van der Waals surface area contributed by atoms with Gasteiger partial charge >= 0.3 is 0 Å². The van der Waals surface area contributed by atoms with E-state index in [0.717, 1.165) is 30.6 Å². The lowest BCUT2D eigenvalue weighted by atomic mass is 10.0. The zero-order valence-corrected chi connectivity index (χ0v) is 8.29. The van der Waals surface area contributed by atoms with Gasteiger partial charge in [-0.1, -0.05) is 6.07 Å². The summed E-state index contributed by atoms with van der Waals surface area (Å²) >= 11 is 0. The molecular formula is C11H14N2O. The maximum Gasteiger partial charge on any atom is 0.254 e. The van der Waals surface area contributed by atoms with Crippen molar-refractivity contribution in [1.29, 1.82) is 0 Å². The molecule has 0 atom stereocenters. The Morgan fingerprint density at radius 2 is 2.14 bits per heavy atom. The number of benzene rings is 1. The maximum absolute atomic E-state index is 11.9. The van der Waals surface area contributed by atoms with Crippen LogP contribution in [-0.4, -0.2) is 23.9 Å². The fourth-order valence-electron chi connectivity index (χ4n) is 1.56. The first-order valence-corrected chi connectivity index (χ1v) is 4.84. The van der Waals surface area contributed by atoms with Gasteiger partial charge in [-0.15, -0.1) is 0 Å². The first-order valence-electron chi connectivity index (χ1n) is 4.84. The van der Waals surface area contributed by atoms with E-state index in [2.05, 4.69) is 0 Å². The molecular weight excluding hydrogens is 176 g/mol. The van der Waals surface area contributed by atoms with Gasteiger partial charge in [0.15, 0.2) is 0 Å².